The van der Waals surface area contributed by atoms with E-state index in [1.165, 1.54) is 16.4 Å². The fourth-order valence-corrected chi connectivity index (χ4v) is 4.34. The summed E-state index contributed by atoms with van der Waals surface area (Å²) < 4.78 is 30.6. The second kappa shape index (κ2) is 7.14. The maximum absolute atomic E-state index is 12.2. The lowest BCUT2D eigenvalue weighted by atomic mass is 10.2. The quantitative estimate of drug-likeness (QED) is 0.755. The molecule has 128 valence electrons. The van der Waals surface area contributed by atoms with Crippen molar-refractivity contribution >= 4 is 21.9 Å². The Morgan fingerprint density at radius 3 is 2.78 bits per heavy atom. The van der Waals surface area contributed by atoms with E-state index in [0.29, 0.717) is 31.6 Å². The molecule has 0 spiro atoms. The number of rotatable bonds is 7. The van der Waals surface area contributed by atoms with Gasteiger partial charge in [-0.1, -0.05) is 6.92 Å². The molecule has 2 N–H and O–H groups in total. The van der Waals surface area contributed by atoms with E-state index in [9.17, 15) is 18.0 Å². The number of carbonyl (C=O) groups excluding carboxylic acids is 1. The molecule has 0 bridgehead atoms. The first-order chi connectivity index (χ1) is 10.8. The van der Waals surface area contributed by atoms with Gasteiger partial charge in [-0.25, -0.2) is 13.2 Å². The van der Waals surface area contributed by atoms with Gasteiger partial charge < -0.3 is 14.8 Å². The van der Waals surface area contributed by atoms with E-state index in [-0.39, 0.29) is 18.1 Å². The van der Waals surface area contributed by atoms with Crippen LogP contribution in [0, 0.1) is 0 Å². The van der Waals surface area contributed by atoms with Gasteiger partial charge in [-0.3, -0.25) is 4.79 Å². The minimum atomic E-state index is -3.42. The Hall–Kier alpha value is -1.87. The first kappa shape index (κ1) is 17.5. The van der Waals surface area contributed by atoms with Gasteiger partial charge in [0.2, 0.25) is 21.7 Å². The van der Waals surface area contributed by atoms with Crippen LogP contribution in [0.1, 0.15) is 42.5 Å². The van der Waals surface area contributed by atoms with Gasteiger partial charge in [-0.15, -0.1) is 0 Å². The van der Waals surface area contributed by atoms with Crippen molar-refractivity contribution in [1.82, 2.24) is 9.62 Å². The van der Waals surface area contributed by atoms with E-state index in [0.717, 1.165) is 0 Å². The highest BCUT2D eigenvalue weighted by Crippen LogP contribution is 2.22. The lowest BCUT2D eigenvalue weighted by molar-refractivity contribution is -0.124. The summed E-state index contributed by atoms with van der Waals surface area (Å²) in [6, 6.07) is 2.06. The summed E-state index contributed by atoms with van der Waals surface area (Å²) >= 11 is 0. The molecule has 1 amide bonds. The lowest BCUT2D eigenvalue weighted by Crippen LogP contribution is -2.46. The average molecular weight is 344 g/mol. The Balaban J connectivity index is 1.97. The van der Waals surface area contributed by atoms with Crippen LogP contribution in [-0.4, -0.2) is 48.0 Å². The Kier molecular flexibility index (Phi) is 5.42. The van der Waals surface area contributed by atoms with Crippen LogP contribution in [0.3, 0.4) is 0 Å². The number of nitrogens with one attached hydrogen (secondary N) is 1. The highest BCUT2D eigenvalue weighted by molar-refractivity contribution is 7.89. The molecule has 2 rings (SSSR count). The Morgan fingerprint density at radius 1 is 1.43 bits per heavy atom. The Morgan fingerprint density at radius 2 is 2.17 bits per heavy atom. The van der Waals surface area contributed by atoms with E-state index >= 15 is 0 Å². The molecule has 1 aliphatic heterocycles. The summed E-state index contributed by atoms with van der Waals surface area (Å²) in [4.78, 5) is 23.0. The van der Waals surface area contributed by atoms with Gasteiger partial charge in [-0.05, 0) is 31.4 Å². The van der Waals surface area contributed by atoms with E-state index < -0.39 is 27.9 Å². The van der Waals surface area contributed by atoms with Gasteiger partial charge in [-0.2, -0.15) is 4.31 Å². The molecule has 1 fully saturated rings. The second-order valence-corrected chi connectivity index (χ2v) is 7.41. The van der Waals surface area contributed by atoms with Crippen LogP contribution < -0.4 is 5.32 Å². The number of hydrogen-bond acceptors (Lipinski definition) is 5. The topological polar surface area (TPSA) is 117 Å². The van der Waals surface area contributed by atoms with Gasteiger partial charge in [0.15, 0.2) is 0 Å². The normalized spacial score (nSPS) is 18.9. The summed E-state index contributed by atoms with van der Waals surface area (Å²) in [7, 11) is -3.42. The molecule has 1 saturated heterocycles. The third kappa shape index (κ3) is 4.11. The maximum Gasteiger partial charge on any atom is 0.371 e. The second-order valence-electron chi connectivity index (χ2n) is 5.37. The monoisotopic (exact) mass is 344 g/mol. The first-order valence-electron chi connectivity index (χ1n) is 7.44. The molecular weight excluding hydrogens is 324 g/mol. The number of carboxylic acid groups (broad SMARTS) is 1. The van der Waals surface area contributed by atoms with Gasteiger partial charge in [0.25, 0.3) is 0 Å². The molecule has 0 radical (unpaired) electrons. The number of carbonyl (C=O) groups is 2. The van der Waals surface area contributed by atoms with Crippen molar-refractivity contribution in [1.29, 1.82) is 0 Å². The van der Waals surface area contributed by atoms with Crippen molar-refractivity contribution in [2.45, 2.75) is 38.8 Å². The number of hydrogen-bond donors (Lipinski definition) is 2. The highest BCUT2D eigenvalue weighted by Gasteiger charge is 2.37. The number of amides is 1. The van der Waals surface area contributed by atoms with E-state index in [1.54, 1.807) is 6.92 Å². The van der Waals surface area contributed by atoms with E-state index in [2.05, 4.69) is 5.32 Å². The zero-order chi connectivity index (χ0) is 17.0. The number of furan rings is 1. The molecule has 1 aliphatic rings. The van der Waals surface area contributed by atoms with Crippen LogP contribution in [0.15, 0.2) is 16.5 Å². The summed E-state index contributed by atoms with van der Waals surface area (Å²) in [5, 5.41) is 11.4. The van der Waals surface area contributed by atoms with Gasteiger partial charge in [0.05, 0.1) is 12.3 Å². The van der Waals surface area contributed by atoms with Gasteiger partial charge in [0, 0.05) is 6.54 Å². The number of nitrogens with zero attached hydrogens (tertiary/aromatic N) is 1. The number of sulfonamides is 1. The van der Waals surface area contributed by atoms with Crippen LogP contribution in [0.25, 0.3) is 0 Å². The fraction of sp³-hybridized carbons (Fsp3) is 0.571. The molecule has 2 heterocycles. The third-order valence-corrected chi connectivity index (χ3v) is 5.71. The predicted molar refractivity (Wildman–Crippen MR) is 81.3 cm³/mol. The fourth-order valence-electron chi connectivity index (χ4n) is 2.59. The van der Waals surface area contributed by atoms with E-state index in [1.807, 2.05) is 0 Å². The zero-order valence-corrected chi connectivity index (χ0v) is 13.6. The predicted octanol–water partition coefficient (Wildman–Crippen LogP) is 0.798. The molecule has 23 heavy (non-hydrogen) atoms. The van der Waals surface area contributed by atoms with Gasteiger partial charge >= 0.3 is 5.97 Å². The number of carboxylic acids is 1. The summed E-state index contributed by atoms with van der Waals surface area (Å²) in [6.07, 6.45) is 1.62. The van der Waals surface area contributed by atoms with Crippen LogP contribution in [0.2, 0.25) is 0 Å². The Labute approximate surface area is 134 Å². The maximum atomic E-state index is 12.2. The van der Waals surface area contributed by atoms with Crippen LogP contribution in [-0.2, 0) is 21.4 Å². The molecule has 0 aliphatic carbocycles. The average Bonchev–Trinajstić information content (AvgIpc) is 3.14. The summed E-state index contributed by atoms with van der Waals surface area (Å²) in [6.45, 7) is 2.15. The smallest absolute Gasteiger partial charge is 0.371 e. The van der Waals surface area contributed by atoms with Crippen molar-refractivity contribution in [2.24, 2.45) is 0 Å². The minimum absolute atomic E-state index is 0.0181. The molecule has 0 saturated carbocycles. The third-order valence-electron chi connectivity index (χ3n) is 3.64. The van der Waals surface area contributed by atoms with Gasteiger partial charge in [0.1, 0.15) is 11.8 Å². The van der Waals surface area contributed by atoms with E-state index in [4.69, 9.17) is 9.52 Å². The summed E-state index contributed by atoms with van der Waals surface area (Å²) in [5.74, 6) is -1.46. The molecule has 0 unspecified atom stereocenters. The number of aromatic carboxylic acids is 1. The molecule has 8 nitrogen and oxygen atoms in total. The molecule has 1 aromatic rings. The summed E-state index contributed by atoms with van der Waals surface area (Å²) in [5.41, 5.74) is 0. The molecule has 9 heteroatoms. The highest BCUT2D eigenvalue weighted by atomic mass is 32.2. The van der Waals surface area contributed by atoms with Crippen LogP contribution >= 0.6 is 0 Å². The SMILES string of the molecule is CCCS(=O)(=O)N1CCC[C@H]1C(=O)NCc1ccc(C(=O)O)o1. The zero-order valence-electron chi connectivity index (χ0n) is 12.8. The van der Waals surface area contributed by atoms with Crippen LogP contribution in [0.4, 0.5) is 0 Å². The lowest BCUT2D eigenvalue weighted by Gasteiger charge is -2.22. The van der Waals surface area contributed by atoms with Crippen molar-refractivity contribution in [2.75, 3.05) is 12.3 Å². The first-order valence-corrected chi connectivity index (χ1v) is 9.05. The minimum Gasteiger partial charge on any atom is -0.475 e. The van der Waals surface area contributed by atoms with Crippen molar-refractivity contribution in [3.05, 3.63) is 23.7 Å². The molecule has 0 aromatic carbocycles. The Bertz CT molecular complexity index is 681. The van der Waals surface area contributed by atoms with Crippen molar-refractivity contribution in [3.8, 4) is 0 Å². The molecule has 1 atom stereocenters. The van der Waals surface area contributed by atoms with Crippen LogP contribution in [0.5, 0.6) is 0 Å². The standard InChI is InChI=1S/C14H20N2O6S/c1-2-8-23(20,21)16-7-3-4-11(16)13(17)15-9-10-5-6-12(22-10)14(18)19/h5-6,11H,2-4,7-9H2,1H3,(H,15,17)(H,18,19)/t11-/m0/s1. The van der Waals surface area contributed by atoms with Crippen molar-refractivity contribution < 1.29 is 27.5 Å². The van der Waals surface area contributed by atoms with Crippen molar-refractivity contribution in [3.63, 3.8) is 0 Å². The molecular formula is C14H20N2O6S. The largest absolute Gasteiger partial charge is 0.475 e. The molecule has 1 aromatic heterocycles.